The lowest BCUT2D eigenvalue weighted by atomic mass is 10.0. The van der Waals surface area contributed by atoms with Gasteiger partial charge in [-0.1, -0.05) is 35.3 Å². The van der Waals surface area contributed by atoms with Crippen LogP contribution >= 0.6 is 23.2 Å². The Morgan fingerprint density at radius 1 is 1.00 bits per heavy atom. The highest BCUT2D eigenvalue weighted by Gasteiger charge is 2.29. The van der Waals surface area contributed by atoms with E-state index in [1.54, 1.807) is 0 Å². The topological polar surface area (TPSA) is 137 Å². The SMILES string of the molecule is O=C(Nc1ccc(C[C@H](Nc2c(NCCC(F)(F)F)c(=O)c2=O)C(=O)O)cc1)c1c(Cl)cncc1Cl. The monoisotopic (exact) mass is 544 g/mol. The Kier molecular flexibility index (Phi) is 8.21. The highest BCUT2D eigenvalue weighted by atomic mass is 35.5. The van der Waals surface area contributed by atoms with Gasteiger partial charge >= 0.3 is 12.1 Å². The maximum Gasteiger partial charge on any atom is 0.390 e. The maximum absolute atomic E-state index is 12.5. The molecule has 0 unspecified atom stereocenters. The van der Waals surface area contributed by atoms with E-state index in [0.29, 0.717) is 11.3 Å². The molecule has 3 aromatic rings. The molecule has 0 radical (unpaired) electrons. The van der Waals surface area contributed by atoms with Crippen LogP contribution < -0.4 is 26.8 Å². The lowest BCUT2D eigenvalue weighted by Crippen LogP contribution is -2.42. The van der Waals surface area contributed by atoms with E-state index in [0.717, 1.165) is 0 Å². The van der Waals surface area contributed by atoms with Crippen molar-refractivity contribution in [3.63, 3.8) is 0 Å². The van der Waals surface area contributed by atoms with Crippen LogP contribution in [0.1, 0.15) is 22.3 Å². The first-order valence-electron chi connectivity index (χ1n) is 10.2. The van der Waals surface area contributed by atoms with E-state index in [2.05, 4.69) is 20.9 Å². The highest BCUT2D eigenvalue weighted by molar-refractivity contribution is 6.40. The lowest BCUT2D eigenvalue weighted by Gasteiger charge is -2.20. The number of carbonyl (C=O) groups excluding carboxylic acids is 1. The number of amides is 1. The predicted molar refractivity (Wildman–Crippen MR) is 128 cm³/mol. The zero-order valence-electron chi connectivity index (χ0n) is 18.1. The fourth-order valence-corrected chi connectivity index (χ4v) is 3.72. The zero-order valence-corrected chi connectivity index (χ0v) is 19.6. The van der Waals surface area contributed by atoms with Crippen LogP contribution in [0.25, 0.3) is 0 Å². The predicted octanol–water partition coefficient (Wildman–Crippen LogP) is 3.71. The van der Waals surface area contributed by atoms with Gasteiger partial charge in [-0.2, -0.15) is 13.2 Å². The van der Waals surface area contributed by atoms with Crippen LogP contribution in [0.2, 0.25) is 10.0 Å². The van der Waals surface area contributed by atoms with Crippen LogP contribution in [-0.4, -0.2) is 40.7 Å². The first kappa shape index (κ1) is 27.0. The van der Waals surface area contributed by atoms with Gasteiger partial charge in [0, 0.05) is 31.0 Å². The standard InChI is InChI=1S/C22H17Cl2F3N4O5/c23-12-8-28-9-13(24)15(12)20(34)30-11-3-1-10(2-4-11)7-14(21(35)36)31-17-16(18(32)19(17)33)29-6-5-22(25,26)27/h1-4,8-9,14,29,31H,5-7H2,(H,30,34)(H,35,36)/t14-/m0/s1. The number of hydrogen-bond donors (Lipinski definition) is 4. The van der Waals surface area contributed by atoms with Crippen molar-refractivity contribution < 1.29 is 27.9 Å². The minimum atomic E-state index is -4.47. The Hall–Kier alpha value is -3.64. The molecule has 0 saturated heterocycles. The Bertz CT molecular complexity index is 1340. The highest BCUT2D eigenvalue weighted by Crippen LogP contribution is 2.25. The summed E-state index contributed by atoms with van der Waals surface area (Å²) in [5.74, 6) is -1.94. The second-order valence-corrected chi connectivity index (χ2v) is 8.38. The molecule has 36 heavy (non-hydrogen) atoms. The summed E-state index contributed by atoms with van der Waals surface area (Å²) >= 11 is 11.9. The molecule has 9 nitrogen and oxygen atoms in total. The summed E-state index contributed by atoms with van der Waals surface area (Å²) in [5.41, 5.74) is -1.96. The van der Waals surface area contributed by atoms with Crippen molar-refractivity contribution >= 4 is 52.1 Å². The summed E-state index contributed by atoms with van der Waals surface area (Å²) in [6, 6.07) is 4.67. The summed E-state index contributed by atoms with van der Waals surface area (Å²) in [5, 5.41) is 16.9. The molecule has 0 aliphatic rings. The Morgan fingerprint density at radius 2 is 1.58 bits per heavy atom. The van der Waals surface area contributed by atoms with Crippen LogP contribution in [-0.2, 0) is 11.2 Å². The van der Waals surface area contributed by atoms with Gasteiger partial charge in [-0.15, -0.1) is 0 Å². The van der Waals surface area contributed by atoms with E-state index in [9.17, 15) is 37.5 Å². The first-order valence-corrected chi connectivity index (χ1v) is 11.0. The Balaban J connectivity index is 1.67. The quantitative estimate of drug-likeness (QED) is 0.283. The molecule has 2 aromatic carbocycles. The van der Waals surface area contributed by atoms with Gasteiger partial charge in [0.1, 0.15) is 17.4 Å². The summed E-state index contributed by atoms with van der Waals surface area (Å²) in [6.07, 6.45) is -3.33. The molecule has 4 N–H and O–H groups in total. The molecule has 0 aliphatic heterocycles. The van der Waals surface area contributed by atoms with Crippen LogP contribution in [0.15, 0.2) is 46.2 Å². The van der Waals surface area contributed by atoms with E-state index in [1.807, 2.05) is 0 Å². The maximum atomic E-state index is 12.5. The summed E-state index contributed by atoms with van der Waals surface area (Å²) in [7, 11) is 0. The number of carboxylic acids is 1. The van der Waals surface area contributed by atoms with Crippen molar-refractivity contribution in [3.05, 3.63) is 78.3 Å². The number of nitrogens with zero attached hydrogens (tertiary/aromatic N) is 1. The number of halogens is 5. The molecule has 3 rings (SSSR count). The van der Waals surface area contributed by atoms with Gasteiger partial charge in [-0.05, 0) is 17.7 Å². The molecule has 0 fully saturated rings. The van der Waals surface area contributed by atoms with Crippen LogP contribution in [0, 0.1) is 0 Å². The van der Waals surface area contributed by atoms with Gasteiger partial charge in [0.2, 0.25) is 0 Å². The third-order valence-corrected chi connectivity index (χ3v) is 5.54. The third kappa shape index (κ3) is 6.52. The normalized spacial score (nSPS) is 12.2. The number of benzene rings is 1. The number of pyridine rings is 1. The number of carboxylic acid groups (broad SMARTS) is 1. The second-order valence-electron chi connectivity index (χ2n) is 7.57. The molecule has 1 amide bonds. The van der Waals surface area contributed by atoms with E-state index in [-0.39, 0.29) is 33.4 Å². The molecular formula is C22H17Cl2F3N4O5. The molecule has 0 bridgehead atoms. The molecule has 1 aromatic heterocycles. The van der Waals surface area contributed by atoms with Gasteiger partial charge < -0.3 is 21.1 Å². The van der Waals surface area contributed by atoms with Gasteiger partial charge in [-0.25, -0.2) is 4.79 Å². The van der Waals surface area contributed by atoms with Gasteiger partial charge in [-0.3, -0.25) is 19.4 Å². The van der Waals surface area contributed by atoms with Gasteiger partial charge in [0.05, 0.1) is 22.0 Å². The van der Waals surface area contributed by atoms with Crippen LogP contribution in [0.5, 0.6) is 0 Å². The minimum Gasteiger partial charge on any atom is -0.480 e. The second kappa shape index (κ2) is 11.0. The van der Waals surface area contributed by atoms with Crippen LogP contribution in [0.3, 0.4) is 0 Å². The number of carbonyl (C=O) groups is 2. The zero-order chi connectivity index (χ0) is 26.6. The fourth-order valence-electron chi connectivity index (χ4n) is 3.18. The number of anilines is 3. The largest absolute Gasteiger partial charge is 0.480 e. The number of alkyl halides is 3. The Labute approximate surface area is 210 Å². The van der Waals surface area contributed by atoms with Crippen molar-refractivity contribution in [1.82, 2.24) is 4.98 Å². The molecule has 0 spiro atoms. The summed E-state index contributed by atoms with van der Waals surface area (Å²) in [6.45, 7) is -0.649. The lowest BCUT2D eigenvalue weighted by molar-refractivity contribution is -0.138. The molecule has 1 heterocycles. The number of rotatable bonds is 10. The minimum absolute atomic E-state index is 0.0279. The first-order chi connectivity index (χ1) is 16.9. The van der Waals surface area contributed by atoms with Crippen molar-refractivity contribution in [2.24, 2.45) is 0 Å². The van der Waals surface area contributed by atoms with Gasteiger partial charge in [0.15, 0.2) is 0 Å². The van der Waals surface area contributed by atoms with E-state index < -0.39 is 47.9 Å². The number of aromatic nitrogens is 1. The number of nitrogens with one attached hydrogen (secondary N) is 3. The molecule has 190 valence electrons. The molecule has 0 saturated carbocycles. The average molecular weight is 545 g/mol. The average Bonchev–Trinajstić information content (AvgIpc) is 2.79. The van der Waals surface area contributed by atoms with Crippen molar-refractivity contribution in [3.8, 4) is 0 Å². The smallest absolute Gasteiger partial charge is 0.390 e. The summed E-state index contributed by atoms with van der Waals surface area (Å²) < 4.78 is 37.0. The van der Waals surface area contributed by atoms with E-state index >= 15 is 0 Å². The van der Waals surface area contributed by atoms with Crippen LogP contribution in [0.4, 0.5) is 30.2 Å². The molecular weight excluding hydrogens is 528 g/mol. The number of hydrogen-bond acceptors (Lipinski definition) is 7. The summed E-state index contributed by atoms with van der Waals surface area (Å²) in [4.78, 5) is 51.5. The van der Waals surface area contributed by atoms with E-state index in [1.165, 1.54) is 36.7 Å². The van der Waals surface area contributed by atoms with Gasteiger partial charge in [0.25, 0.3) is 16.8 Å². The molecule has 0 aliphatic carbocycles. The Morgan fingerprint density at radius 3 is 2.14 bits per heavy atom. The van der Waals surface area contributed by atoms with E-state index in [4.69, 9.17) is 23.2 Å². The van der Waals surface area contributed by atoms with Crippen molar-refractivity contribution in [2.45, 2.75) is 25.1 Å². The number of aliphatic carboxylic acids is 1. The third-order valence-electron chi connectivity index (χ3n) is 4.97. The fraction of sp³-hybridized carbons (Fsp3) is 0.227. The molecule has 1 atom stereocenters. The van der Waals surface area contributed by atoms with Crippen molar-refractivity contribution in [1.29, 1.82) is 0 Å². The van der Waals surface area contributed by atoms with Crippen molar-refractivity contribution in [2.75, 3.05) is 22.5 Å². The molecule has 14 heteroatoms.